The maximum absolute atomic E-state index is 11.8. The number of carbonyl (C=O) groups excluding carboxylic acids is 2. The van der Waals surface area contributed by atoms with Gasteiger partial charge in [0.05, 0.1) is 5.56 Å². The second kappa shape index (κ2) is 5.43. The largest absolute Gasteiger partial charge is 0.360 e. The zero-order valence-corrected chi connectivity index (χ0v) is 10.7. The molecule has 6 nitrogen and oxygen atoms in total. The molecule has 98 valence electrons. The number of nitrogens with one attached hydrogen (secondary N) is 1. The summed E-state index contributed by atoms with van der Waals surface area (Å²) in [6.45, 7) is 3.33. The van der Waals surface area contributed by atoms with Gasteiger partial charge >= 0.3 is 0 Å². The molecule has 2 rings (SSSR count). The van der Waals surface area contributed by atoms with Crippen LogP contribution in [0.25, 0.3) is 0 Å². The predicted molar refractivity (Wildman–Crippen MR) is 66.5 cm³/mol. The molecule has 0 aliphatic rings. The summed E-state index contributed by atoms with van der Waals surface area (Å²) in [5.41, 5.74) is 0.563. The maximum atomic E-state index is 11.8. The Bertz CT molecular complexity index is 619. The fraction of sp³-hybridized carbons (Fsp3) is 0.231. The van der Waals surface area contributed by atoms with Crippen molar-refractivity contribution in [1.82, 2.24) is 5.16 Å². The van der Waals surface area contributed by atoms with Gasteiger partial charge in [-0.05, 0) is 19.9 Å². The summed E-state index contributed by atoms with van der Waals surface area (Å²) in [7, 11) is 0. The van der Waals surface area contributed by atoms with Gasteiger partial charge in [-0.3, -0.25) is 9.59 Å². The van der Waals surface area contributed by atoms with E-state index in [1.54, 1.807) is 42.1 Å². The quantitative estimate of drug-likeness (QED) is 0.660. The van der Waals surface area contributed by atoms with Gasteiger partial charge < -0.3 is 9.84 Å². The molecule has 0 radical (unpaired) electrons. The number of Topliss-reactive ketones (excluding diaryl/α,β-unsaturated/α-hetero) is 1. The number of hydrogen-bond donors (Lipinski definition) is 1. The molecule has 19 heavy (non-hydrogen) atoms. The fourth-order valence-electron chi connectivity index (χ4n) is 1.60. The molecule has 0 atom stereocenters. The first-order valence-electron chi connectivity index (χ1n) is 5.78. The Labute approximate surface area is 110 Å². The van der Waals surface area contributed by atoms with Crippen LogP contribution < -0.4 is 9.88 Å². The van der Waals surface area contributed by atoms with Crippen molar-refractivity contribution < 1.29 is 18.7 Å². The van der Waals surface area contributed by atoms with Crippen LogP contribution in [0.3, 0.4) is 0 Å². The van der Waals surface area contributed by atoms with Gasteiger partial charge in [0.15, 0.2) is 24.0 Å². The van der Waals surface area contributed by atoms with Crippen molar-refractivity contribution in [2.75, 3.05) is 5.32 Å². The standard InChI is InChI=1S/C13H13N3O3/c1-9-6-12(15-19-9)14-13(18)8-16-5-3-4-11(7-16)10(2)17/h3-7H,8H2,1-2H3/p+1. The van der Waals surface area contributed by atoms with Crippen LogP contribution in [0.5, 0.6) is 0 Å². The highest BCUT2D eigenvalue weighted by molar-refractivity contribution is 5.93. The average Bonchev–Trinajstić information content (AvgIpc) is 2.74. The van der Waals surface area contributed by atoms with E-state index >= 15 is 0 Å². The van der Waals surface area contributed by atoms with Crippen LogP contribution in [0.2, 0.25) is 0 Å². The lowest BCUT2D eigenvalue weighted by Crippen LogP contribution is -2.40. The monoisotopic (exact) mass is 260 g/mol. The van der Waals surface area contributed by atoms with Crippen molar-refractivity contribution in [3.8, 4) is 0 Å². The SMILES string of the molecule is CC(=O)c1ccc[n+](CC(=O)Nc2cc(C)on2)c1. The number of nitrogens with zero attached hydrogens (tertiary/aromatic N) is 2. The summed E-state index contributed by atoms with van der Waals surface area (Å²) in [5.74, 6) is 0.730. The molecule has 0 saturated heterocycles. The van der Waals surface area contributed by atoms with Gasteiger partial charge in [0.1, 0.15) is 5.76 Å². The Morgan fingerprint density at radius 1 is 1.47 bits per heavy atom. The zero-order chi connectivity index (χ0) is 13.8. The molecule has 0 fully saturated rings. The van der Waals surface area contributed by atoms with Gasteiger partial charge in [0.25, 0.3) is 5.91 Å². The molecule has 0 bridgehead atoms. The van der Waals surface area contributed by atoms with E-state index in [1.807, 2.05) is 0 Å². The summed E-state index contributed by atoms with van der Waals surface area (Å²) >= 11 is 0. The molecule has 6 heteroatoms. The first kappa shape index (κ1) is 12.9. The summed E-state index contributed by atoms with van der Waals surface area (Å²) in [4.78, 5) is 23.0. The van der Waals surface area contributed by atoms with E-state index in [1.165, 1.54) is 6.92 Å². The fourth-order valence-corrected chi connectivity index (χ4v) is 1.60. The van der Waals surface area contributed by atoms with Crippen LogP contribution in [0, 0.1) is 6.92 Å². The van der Waals surface area contributed by atoms with Crippen molar-refractivity contribution in [2.24, 2.45) is 0 Å². The second-order valence-corrected chi connectivity index (χ2v) is 4.19. The van der Waals surface area contributed by atoms with Crippen molar-refractivity contribution in [3.63, 3.8) is 0 Å². The first-order chi connectivity index (χ1) is 9.04. The Morgan fingerprint density at radius 2 is 2.26 bits per heavy atom. The molecule has 0 unspecified atom stereocenters. The van der Waals surface area contributed by atoms with E-state index in [9.17, 15) is 9.59 Å². The Hall–Kier alpha value is -2.50. The molecule has 0 aliphatic heterocycles. The van der Waals surface area contributed by atoms with Crippen LogP contribution in [0.4, 0.5) is 5.82 Å². The van der Waals surface area contributed by atoms with E-state index in [2.05, 4.69) is 10.5 Å². The maximum Gasteiger partial charge on any atom is 0.291 e. The highest BCUT2D eigenvalue weighted by atomic mass is 16.5. The molecular weight excluding hydrogens is 246 g/mol. The topological polar surface area (TPSA) is 76.1 Å². The molecule has 1 N–H and O–H groups in total. The number of carbonyl (C=O) groups is 2. The molecule has 2 aromatic heterocycles. The normalized spacial score (nSPS) is 10.2. The number of rotatable bonds is 4. The average molecular weight is 260 g/mol. The van der Waals surface area contributed by atoms with Gasteiger partial charge in [-0.25, -0.2) is 0 Å². The third-order valence-corrected chi connectivity index (χ3v) is 2.49. The van der Waals surface area contributed by atoms with E-state index in [-0.39, 0.29) is 18.2 Å². The van der Waals surface area contributed by atoms with Gasteiger partial charge in [0, 0.05) is 12.1 Å². The lowest BCUT2D eigenvalue weighted by molar-refractivity contribution is -0.684. The molecule has 0 aliphatic carbocycles. The van der Waals surface area contributed by atoms with Crippen molar-refractivity contribution in [1.29, 1.82) is 0 Å². The third-order valence-electron chi connectivity index (χ3n) is 2.49. The molecule has 0 saturated carbocycles. The molecule has 0 spiro atoms. The summed E-state index contributed by atoms with van der Waals surface area (Å²) in [6, 6.07) is 5.07. The third kappa shape index (κ3) is 3.48. The van der Waals surface area contributed by atoms with Gasteiger partial charge in [-0.1, -0.05) is 5.16 Å². The van der Waals surface area contributed by atoms with Crippen LogP contribution in [0.15, 0.2) is 35.1 Å². The molecular formula is C13H14N3O3+. The van der Waals surface area contributed by atoms with Crippen LogP contribution in [0.1, 0.15) is 23.0 Å². The van der Waals surface area contributed by atoms with Gasteiger partial charge in [0.2, 0.25) is 6.54 Å². The van der Waals surface area contributed by atoms with Gasteiger partial charge in [-0.2, -0.15) is 4.57 Å². The lowest BCUT2D eigenvalue weighted by atomic mass is 10.2. The number of aryl methyl sites for hydroxylation is 1. The highest BCUT2D eigenvalue weighted by Crippen LogP contribution is 2.06. The van der Waals surface area contributed by atoms with E-state index in [4.69, 9.17) is 4.52 Å². The Morgan fingerprint density at radius 3 is 2.89 bits per heavy atom. The zero-order valence-electron chi connectivity index (χ0n) is 10.7. The molecule has 2 aromatic rings. The molecule has 0 aromatic carbocycles. The van der Waals surface area contributed by atoms with Crippen LogP contribution in [-0.2, 0) is 11.3 Å². The molecule has 1 amide bonds. The minimum atomic E-state index is -0.237. The number of amides is 1. The lowest BCUT2D eigenvalue weighted by Gasteiger charge is -1.99. The Balaban J connectivity index is 2.02. The highest BCUT2D eigenvalue weighted by Gasteiger charge is 2.13. The Kier molecular flexibility index (Phi) is 3.70. The number of anilines is 1. The van der Waals surface area contributed by atoms with Gasteiger partial charge in [-0.15, -0.1) is 0 Å². The van der Waals surface area contributed by atoms with E-state index in [0.29, 0.717) is 17.1 Å². The molecule has 2 heterocycles. The summed E-state index contributed by atoms with van der Waals surface area (Å²) in [6.07, 6.45) is 3.36. The van der Waals surface area contributed by atoms with Crippen molar-refractivity contribution in [3.05, 3.63) is 41.9 Å². The van der Waals surface area contributed by atoms with Crippen LogP contribution >= 0.6 is 0 Å². The minimum Gasteiger partial charge on any atom is -0.360 e. The summed E-state index contributed by atoms with van der Waals surface area (Å²) < 4.78 is 6.49. The van der Waals surface area contributed by atoms with Crippen LogP contribution in [-0.4, -0.2) is 16.8 Å². The number of ketones is 1. The number of pyridine rings is 1. The number of aromatic nitrogens is 2. The minimum absolute atomic E-state index is 0.0399. The second-order valence-electron chi connectivity index (χ2n) is 4.19. The predicted octanol–water partition coefficient (Wildman–Crippen LogP) is 1.11. The van der Waals surface area contributed by atoms with E-state index in [0.717, 1.165) is 0 Å². The van der Waals surface area contributed by atoms with Crippen molar-refractivity contribution in [2.45, 2.75) is 20.4 Å². The summed E-state index contributed by atoms with van der Waals surface area (Å²) in [5, 5.41) is 6.28. The van der Waals surface area contributed by atoms with Crippen molar-refractivity contribution >= 4 is 17.5 Å². The first-order valence-corrected chi connectivity index (χ1v) is 5.78. The smallest absolute Gasteiger partial charge is 0.291 e. The van der Waals surface area contributed by atoms with E-state index < -0.39 is 0 Å². The number of hydrogen-bond acceptors (Lipinski definition) is 4.